The van der Waals surface area contributed by atoms with Crippen molar-refractivity contribution in [1.82, 2.24) is 0 Å². The van der Waals surface area contributed by atoms with Crippen LogP contribution in [0.5, 0.6) is 5.75 Å². The van der Waals surface area contributed by atoms with Crippen molar-refractivity contribution in [3.63, 3.8) is 0 Å². The van der Waals surface area contributed by atoms with Gasteiger partial charge in [0.1, 0.15) is 5.75 Å². The highest BCUT2D eigenvalue weighted by atomic mass is 35.5. The summed E-state index contributed by atoms with van der Waals surface area (Å²) in [5, 5.41) is 13.1. The first kappa shape index (κ1) is 14.7. The molecule has 3 nitrogen and oxygen atoms in total. The van der Waals surface area contributed by atoms with Gasteiger partial charge in [0.05, 0.1) is 15.7 Å². The second-order valence-electron chi connectivity index (χ2n) is 4.51. The molecule has 2 aromatic carbocycles. The van der Waals surface area contributed by atoms with Crippen LogP contribution in [-0.2, 0) is 0 Å². The fourth-order valence-electron chi connectivity index (χ4n) is 1.71. The number of benzene rings is 2. The molecule has 0 saturated carbocycles. The highest BCUT2D eigenvalue weighted by molar-refractivity contribution is 6.40. The van der Waals surface area contributed by atoms with Gasteiger partial charge in [0.15, 0.2) is 0 Å². The number of phenols is 1. The number of carbonyl (C=O) groups excluding carboxylic acids is 1. The summed E-state index contributed by atoms with van der Waals surface area (Å²) < 4.78 is 0. The average molecular weight is 310 g/mol. The van der Waals surface area contributed by atoms with E-state index < -0.39 is 0 Å². The third-order valence-electron chi connectivity index (χ3n) is 2.99. The van der Waals surface area contributed by atoms with Crippen molar-refractivity contribution in [3.05, 3.63) is 57.1 Å². The Hall–Kier alpha value is -1.71. The standard InChI is InChI=1S/C15H13Cl2NO2/c1-8-3-5-10(7-12(8)19)15(20)18-14-11(16)6-4-9(2)13(14)17/h3-7,19H,1-2H3,(H,18,20). The summed E-state index contributed by atoms with van der Waals surface area (Å²) in [6.45, 7) is 3.58. The van der Waals surface area contributed by atoms with Crippen LogP contribution < -0.4 is 5.32 Å². The van der Waals surface area contributed by atoms with Crippen LogP contribution in [0.2, 0.25) is 10.0 Å². The number of hydrogen-bond donors (Lipinski definition) is 2. The number of aryl methyl sites for hydroxylation is 2. The minimum atomic E-state index is -0.380. The third-order valence-corrected chi connectivity index (χ3v) is 3.80. The van der Waals surface area contributed by atoms with Crippen molar-refractivity contribution in [2.75, 3.05) is 5.32 Å². The molecule has 0 atom stereocenters. The monoisotopic (exact) mass is 309 g/mol. The zero-order chi connectivity index (χ0) is 14.9. The van der Waals surface area contributed by atoms with Crippen LogP contribution in [0.15, 0.2) is 30.3 Å². The fraction of sp³-hybridized carbons (Fsp3) is 0.133. The first-order valence-electron chi connectivity index (χ1n) is 5.95. The Morgan fingerprint density at radius 1 is 1.10 bits per heavy atom. The molecule has 0 aliphatic rings. The molecular formula is C15H13Cl2NO2. The smallest absolute Gasteiger partial charge is 0.255 e. The number of nitrogens with one attached hydrogen (secondary N) is 1. The van der Waals surface area contributed by atoms with Crippen LogP contribution in [-0.4, -0.2) is 11.0 Å². The summed E-state index contributed by atoms with van der Waals surface area (Å²) in [5.74, 6) is -0.311. The predicted molar refractivity (Wildman–Crippen MR) is 82.0 cm³/mol. The van der Waals surface area contributed by atoms with E-state index in [4.69, 9.17) is 23.2 Å². The van der Waals surface area contributed by atoms with Crippen molar-refractivity contribution in [2.24, 2.45) is 0 Å². The molecule has 2 N–H and O–H groups in total. The van der Waals surface area contributed by atoms with E-state index in [9.17, 15) is 9.90 Å². The van der Waals surface area contributed by atoms with E-state index in [0.29, 0.717) is 26.9 Å². The Labute approximate surface area is 127 Å². The molecule has 104 valence electrons. The Morgan fingerprint density at radius 2 is 1.75 bits per heavy atom. The van der Waals surface area contributed by atoms with Crippen LogP contribution in [0.4, 0.5) is 5.69 Å². The van der Waals surface area contributed by atoms with Gasteiger partial charge < -0.3 is 10.4 Å². The second kappa shape index (κ2) is 5.73. The molecular weight excluding hydrogens is 297 g/mol. The molecule has 2 rings (SSSR count). The highest BCUT2D eigenvalue weighted by Crippen LogP contribution is 2.33. The minimum absolute atomic E-state index is 0.0686. The SMILES string of the molecule is Cc1ccc(C(=O)Nc2c(Cl)ccc(C)c2Cl)cc1O. The molecule has 5 heteroatoms. The summed E-state index contributed by atoms with van der Waals surface area (Å²) in [6.07, 6.45) is 0. The fourth-order valence-corrected chi connectivity index (χ4v) is 2.17. The number of anilines is 1. The van der Waals surface area contributed by atoms with Crippen LogP contribution in [0.1, 0.15) is 21.5 Å². The molecule has 0 saturated heterocycles. The van der Waals surface area contributed by atoms with Crippen LogP contribution >= 0.6 is 23.2 Å². The maximum absolute atomic E-state index is 12.2. The van der Waals surface area contributed by atoms with Gasteiger partial charge in [-0.15, -0.1) is 0 Å². The number of carbonyl (C=O) groups is 1. The maximum Gasteiger partial charge on any atom is 0.255 e. The summed E-state index contributed by atoms with van der Waals surface area (Å²) in [4.78, 5) is 12.2. The lowest BCUT2D eigenvalue weighted by Gasteiger charge is -2.11. The number of amides is 1. The van der Waals surface area contributed by atoms with Gasteiger partial charge in [-0.25, -0.2) is 0 Å². The van der Waals surface area contributed by atoms with Crippen molar-refractivity contribution in [3.8, 4) is 5.75 Å². The highest BCUT2D eigenvalue weighted by Gasteiger charge is 2.14. The third kappa shape index (κ3) is 2.89. The average Bonchev–Trinajstić information content (AvgIpc) is 2.42. The molecule has 0 aromatic heterocycles. The van der Waals surface area contributed by atoms with Gasteiger partial charge >= 0.3 is 0 Å². The minimum Gasteiger partial charge on any atom is -0.508 e. The lowest BCUT2D eigenvalue weighted by molar-refractivity contribution is 0.102. The van der Waals surface area contributed by atoms with E-state index in [-0.39, 0.29) is 11.7 Å². The number of phenolic OH excluding ortho intramolecular Hbond substituents is 1. The van der Waals surface area contributed by atoms with Gasteiger partial charge in [-0.3, -0.25) is 4.79 Å². The van der Waals surface area contributed by atoms with Gasteiger partial charge in [-0.2, -0.15) is 0 Å². The van der Waals surface area contributed by atoms with E-state index in [1.54, 1.807) is 31.2 Å². The van der Waals surface area contributed by atoms with E-state index in [1.807, 2.05) is 6.92 Å². The van der Waals surface area contributed by atoms with Gasteiger partial charge in [-0.1, -0.05) is 35.3 Å². The molecule has 0 unspecified atom stereocenters. The Balaban J connectivity index is 2.32. The van der Waals surface area contributed by atoms with Crippen LogP contribution in [0, 0.1) is 13.8 Å². The normalized spacial score (nSPS) is 10.4. The molecule has 0 aliphatic heterocycles. The van der Waals surface area contributed by atoms with Gasteiger partial charge in [-0.05, 0) is 43.2 Å². The molecule has 0 spiro atoms. The number of halogens is 2. The molecule has 0 radical (unpaired) electrons. The summed E-state index contributed by atoms with van der Waals surface area (Å²) in [6, 6.07) is 8.15. The van der Waals surface area contributed by atoms with Gasteiger partial charge in [0, 0.05) is 5.56 Å². The van der Waals surface area contributed by atoms with E-state index in [2.05, 4.69) is 5.32 Å². The summed E-state index contributed by atoms with van der Waals surface area (Å²) in [7, 11) is 0. The van der Waals surface area contributed by atoms with Crippen LogP contribution in [0.3, 0.4) is 0 Å². The Morgan fingerprint density at radius 3 is 2.40 bits per heavy atom. The van der Waals surface area contributed by atoms with Crippen molar-refractivity contribution < 1.29 is 9.90 Å². The van der Waals surface area contributed by atoms with E-state index in [1.165, 1.54) is 6.07 Å². The zero-order valence-electron chi connectivity index (χ0n) is 11.0. The Kier molecular flexibility index (Phi) is 4.21. The first-order valence-corrected chi connectivity index (χ1v) is 6.71. The zero-order valence-corrected chi connectivity index (χ0v) is 12.5. The number of rotatable bonds is 2. The van der Waals surface area contributed by atoms with E-state index >= 15 is 0 Å². The lowest BCUT2D eigenvalue weighted by atomic mass is 10.1. The largest absolute Gasteiger partial charge is 0.508 e. The van der Waals surface area contributed by atoms with E-state index in [0.717, 1.165) is 5.56 Å². The molecule has 0 aliphatic carbocycles. The molecule has 0 heterocycles. The summed E-state index contributed by atoms with van der Waals surface area (Å²) in [5.41, 5.74) is 2.23. The molecule has 0 fully saturated rings. The molecule has 1 amide bonds. The predicted octanol–water partition coefficient (Wildman–Crippen LogP) is 4.57. The van der Waals surface area contributed by atoms with Crippen LogP contribution in [0.25, 0.3) is 0 Å². The molecule has 0 bridgehead atoms. The number of hydrogen-bond acceptors (Lipinski definition) is 2. The Bertz CT molecular complexity index is 684. The second-order valence-corrected chi connectivity index (χ2v) is 5.29. The van der Waals surface area contributed by atoms with Crippen molar-refractivity contribution in [1.29, 1.82) is 0 Å². The molecule has 2 aromatic rings. The van der Waals surface area contributed by atoms with Gasteiger partial charge in [0.2, 0.25) is 0 Å². The lowest BCUT2D eigenvalue weighted by Crippen LogP contribution is -2.12. The first-order chi connectivity index (χ1) is 9.40. The quantitative estimate of drug-likeness (QED) is 0.853. The van der Waals surface area contributed by atoms with Crippen molar-refractivity contribution in [2.45, 2.75) is 13.8 Å². The molecule has 20 heavy (non-hydrogen) atoms. The van der Waals surface area contributed by atoms with Crippen molar-refractivity contribution >= 4 is 34.8 Å². The topological polar surface area (TPSA) is 49.3 Å². The maximum atomic E-state index is 12.2. The number of aromatic hydroxyl groups is 1. The van der Waals surface area contributed by atoms with Gasteiger partial charge in [0.25, 0.3) is 5.91 Å². The summed E-state index contributed by atoms with van der Waals surface area (Å²) >= 11 is 12.2.